The molecule has 8 nitrogen and oxygen atoms in total. The summed E-state index contributed by atoms with van der Waals surface area (Å²) in [6.45, 7) is 3.42. The fraction of sp³-hybridized carbons (Fsp3) is 0.273. The van der Waals surface area contributed by atoms with E-state index in [2.05, 4.69) is 15.2 Å². The van der Waals surface area contributed by atoms with Crippen molar-refractivity contribution in [2.24, 2.45) is 0 Å². The Hall–Kier alpha value is -2.82. The van der Waals surface area contributed by atoms with Gasteiger partial charge in [-0.3, -0.25) is 10.1 Å². The first-order chi connectivity index (χ1) is 9.06. The third-order valence-corrected chi connectivity index (χ3v) is 1.85. The number of ether oxygens (including phenoxy) is 1. The van der Waals surface area contributed by atoms with Gasteiger partial charge >= 0.3 is 6.09 Å². The minimum absolute atomic E-state index is 0.126. The second kappa shape index (κ2) is 6.80. The molecule has 1 heterocycles. The van der Waals surface area contributed by atoms with E-state index in [9.17, 15) is 9.59 Å². The first-order valence-electron chi connectivity index (χ1n) is 5.35. The Bertz CT molecular complexity index is 541. The van der Waals surface area contributed by atoms with E-state index in [1.807, 2.05) is 5.32 Å². The molecule has 19 heavy (non-hydrogen) atoms. The van der Waals surface area contributed by atoms with Crippen molar-refractivity contribution in [1.82, 2.24) is 10.5 Å². The second-order valence-corrected chi connectivity index (χ2v) is 3.31. The van der Waals surface area contributed by atoms with Gasteiger partial charge in [0.05, 0.1) is 6.61 Å². The quantitative estimate of drug-likeness (QED) is 0.617. The fourth-order valence-electron chi connectivity index (χ4n) is 1.06. The summed E-state index contributed by atoms with van der Waals surface area (Å²) in [5.41, 5.74) is -0.297. The number of rotatable bonds is 4. The van der Waals surface area contributed by atoms with Crippen LogP contribution in [0.1, 0.15) is 12.7 Å². The van der Waals surface area contributed by atoms with Crippen LogP contribution >= 0.6 is 0 Å². The Balaban J connectivity index is 2.64. The van der Waals surface area contributed by atoms with Crippen LogP contribution in [-0.2, 0) is 9.53 Å². The molecule has 8 heteroatoms. The van der Waals surface area contributed by atoms with Crippen LogP contribution in [0.15, 0.2) is 22.4 Å². The Kier molecular flexibility index (Phi) is 5.10. The van der Waals surface area contributed by atoms with E-state index in [-0.39, 0.29) is 12.2 Å². The van der Waals surface area contributed by atoms with Crippen LogP contribution in [0.25, 0.3) is 0 Å². The summed E-state index contributed by atoms with van der Waals surface area (Å²) in [6.07, 6.45) is 0.206. The maximum absolute atomic E-state index is 11.5. The molecular formula is C11H12N4O4. The summed E-state index contributed by atoms with van der Waals surface area (Å²) in [5.74, 6) is 0.0493. The second-order valence-electron chi connectivity index (χ2n) is 3.31. The third kappa shape index (κ3) is 4.51. The maximum atomic E-state index is 11.5. The number of nitrogens with one attached hydrogen (secondary N) is 2. The molecule has 2 amide bonds. The molecular weight excluding hydrogens is 252 g/mol. The van der Waals surface area contributed by atoms with Crippen molar-refractivity contribution in [3.05, 3.63) is 23.6 Å². The zero-order chi connectivity index (χ0) is 14.3. The average Bonchev–Trinajstić information content (AvgIpc) is 2.76. The molecule has 2 N–H and O–H groups in total. The molecule has 100 valence electrons. The average molecular weight is 264 g/mol. The van der Waals surface area contributed by atoms with E-state index in [0.717, 1.165) is 6.20 Å². The van der Waals surface area contributed by atoms with Crippen molar-refractivity contribution in [3.63, 3.8) is 0 Å². The topological polar surface area (TPSA) is 117 Å². The molecule has 0 aliphatic carbocycles. The highest BCUT2D eigenvalue weighted by molar-refractivity contribution is 6.05. The molecule has 1 aromatic rings. The van der Waals surface area contributed by atoms with Gasteiger partial charge in [-0.25, -0.2) is 4.79 Å². The van der Waals surface area contributed by atoms with Gasteiger partial charge in [0.15, 0.2) is 5.82 Å². The van der Waals surface area contributed by atoms with E-state index in [4.69, 9.17) is 9.78 Å². The Morgan fingerprint density at radius 3 is 2.89 bits per heavy atom. The van der Waals surface area contributed by atoms with Crippen LogP contribution in [0.2, 0.25) is 0 Å². The number of carbonyl (C=O) groups is 2. The lowest BCUT2D eigenvalue weighted by atomic mass is 10.3. The Labute approximate surface area is 109 Å². The van der Waals surface area contributed by atoms with Gasteiger partial charge in [0, 0.05) is 12.3 Å². The SMILES string of the molecule is CCOC(=O)NC(=O)/C(C#N)=C\Nc1cc(C)on1. The van der Waals surface area contributed by atoms with E-state index in [0.29, 0.717) is 11.6 Å². The Morgan fingerprint density at radius 2 is 2.37 bits per heavy atom. The Morgan fingerprint density at radius 1 is 1.63 bits per heavy atom. The first-order valence-corrected chi connectivity index (χ1v) is 5.35. The summed E-state index contributed by atoms with van der Waals surface area (Å²) in [4.78, 5) is 22.5. The minimum Gasteiger partial charge on any atom is -0.450 e. The number of nitriles is 1. The number of nitrogens with zero attached hydrogens (tertiary/aromatic N) is 2. The molecule has 1 aromatic heterocycles. The largest absolute Gasteiger partial charge is 0.450 e. The summed E-state index contributed by atoms with van der Waals surface area (Å²) in [7, 11) is 0. The number of imide groups is 1. The van der Waals surface area contributed by atoms with E-state index >= 15 is 0 Å². The fourth-order valence-corrected chi connectivity index (χ4v) is 1.06. The number of anilines is 1. The van der Waals surface area contributed by atoms with Gasteiger partial charge in [-0.05, 0) is 13.8 Å². The van der Waals surface area contributed by atoms with Crippen molar-refractivity contribution < 1.29 is 18.8 Å². The van der Waals surface area contributed by atoms with Gasteiger partial charge in [0.2, 0.25) is 0 Å². The third-order valence-electron chi connectivity index (χ3n) is 1.85. The molecule has 1 rings (SSSR count). The molecule has 0 unspecified atom stereocenters. The molecule has 0 aliphatic heterocycles. The smallest absolute Gasteiger partial charge is 0.414 e. The van der Waals surface area contributed by atoms with E-state index in [1.54, 1.807) is 26.0 Å². The van der Waals surface area contributed by atoms with E-state index in [1.165, 1.54) is 0 Å². The molecule has 0 spiro atoms. The number of aryl methyl sites for hydroxylation is 1. The number of amides is 2. The lowest BCUT2D eigenvalue weighted by molar-refractivity contribution is -0.116. The van der Waals surface area contributed by atoms with Gasteiger partial charge in [-0.2, -0.15) is 5.26 Å². The van der Waals surface area contributed by atoms with Gasteiger partial charge in [0.1, 0.15) is 17.4 Å². The number of alkyl carbamates (subject to hydrolysis) is 1. The zero-order valence-corrected chi connectivity index (χ0v) is 10.4. The number of aromatic nitrogens is 1. The van der Waals surface area contributed by atoms with Gasteiger partial charge in [0.25, 0.3) is 5.91 Å². The van der Waals surface area contributed by atoms with Crippen molar-refractivity contribution in [2.45, 2.75) is 13.8 Å². The van der Waals surface area contributed by atoms with Crippen molar-refractivity contribution >= 4 is 17.8 Å². The highest BCUT2D eigenvalue weighted by Crippen LogP contribution is 2.07. The summed E-state index contributed by atoms with van der Waals surface area (Å²) in [5, 5.41) is 16.9. The lowest BCUT2D eigenvalue weighted by Crippen LogP contribution is -2.32. The zero-order valence-electron chi connectivity index (χ0n) is 10.4. The minimum atomic E-state index is -0.911. The van der Waals surface area contributed by atoms with Crippen molar-refractivity contribution in [3.8, 4) is 6.07 Å². The lowest BCUT2D eigenvalue weighted by Gasteiger charge is -2.02. The van der Waals surface area contributed by atoms with Crippen LogP contribution in [0.4, 0.5) is 10.6 Å². The first kappa shape index (κ1) is 14.2. The normalized spacial score (nSPS) is 10.5. The highest BCUT2D eigenvalue weighted by atomic mass is 16.5. The molecule has 0 saturated heterocycles. The summed E-state index contributed by atoms with van der Waals surface area (Å²) in [6, 6.07) is 3.22. The van der Waals surface area contributed by atoms with Crippen LogP contribution < -0.4 is 10.6 Å². The van der Waals surface area contributed by atoms with Crippen LogP contribution in [0.3, 0.4) is 0 Å². The van der Waals surface area contributed by atoms with Crippen LogP contribution in [0.5, 0.6) is 0 Å². The van der Waals surface area contributed by atoms with Gasteiger partial charge in [-0.1, -0.05) is 5.16 Å². The number of hydrogen-bond acceptors (Lipinski definition) is 7. The summed E-state index contributed by atoms with van der Waals surface area (Å²) >= 11 is 0. The van der Waals surface area contributed by atoms with Crippen LogP contribution in [0, 0.1) is 18.3 Å². The van der Waals surface area contributed by atoms with E-state index < -0.39 is 12.0 Å². The molecule has 0 atom stereocenters. The van der Waals surface area contributed by atoms with Gasteiger partial charge < -0.3 is 14.6 Å². The monoisotopic (exact) mass is 264 g/mol. The predicted molar refractivity (Wildman–Crippen MR) is 63.7 cm³/mol. The molecule has 0 bridgehead atoms. The molecule has 0 radical (unpaired) electrons. The molecule has 0 fully saturated rings. The van der Waals surface area contributed by atoms with Crippen molar-refractivity contribution in [2.75, 3.05) is 11.9 Å². The van der Waals surface area contributed by atoms with Crippen LogP contribution in [-0.4, -0.2) is 23.8 Å². The number of carbonyl (C=O) groups excluding carboxylic acids is 2. The molecule has 0 aliphatic rings. The van der Waals surface area contributed by atoms with Gasteiger partial charge in [-0.15, -0.1) is 0 Å². The number of hydrogen-bond donors (Lipinski definition) is 2. The standard InChI is InChI=1S/C11H12N4O4/c1-3-18-11(17)14-10(16)8(5-12)6-13-9-4-7(2)19-15-9/h4,6H,3H2,1-2H3,(H,13,15)(H,14,16,17)/b8-6-. The summed E-state index contributed by atoms with van der Waals surface area (Å²) < 4.78 is 9.31. The predicted octanol–water partition coefficient (Wildman–Crippen LogP) is 1.08. The maximum Gasteiger partial charge on any atom is 0.414 e. The molecule has 0 aromatic carbocycles. The van der Waals surface area contributed by atoms with Crippen molar-refractivity contribution in [1.29, 1.82) is 5.26 Å². The highest BCUT2D eigenvalue weighted by Gasteiger charge is 2.13. The molecule has 0 saturated carbocycles.